The second kappa shape index (κ2) is 9.22. The molecule has 0 unspecified atom stereocenters. The van der Waals surface area contributed by atoms with Crippen LogP contribution in [0.3, 0.4) is 0 Å². The fourth-order valence-electron chi connectivity index (χ4n) is 3.76. The number of nitrogens with one attached hydrogen (secondary N) is 1. The number of benzene rings is 2. The zero-order valence-electron chi connectivity index (χ0n) is 17.6. The van der Waals surface area contributed by atoms with E-state index in [0.29, 0.717) is 17.3 Å². The topological polar surface area (TPSA) is 72.7 Å². The van der Waals surface area contributed by atoms with Crippen molar-refractivity contribution in [1.29, 1.82) is 0 Å². The van der Waals surface area contributed by atoms with E-state index in [-0.39, 0.29) is 12.5 Å². The third-order valence-corrected chi connectivity index (χ3v) is 5.72. The number of para-hydroxylation sites is 1. The number of nitrogens with zero attached hydrogens (tertiary/aromatic N) is 4. The highest BCUT2D eigenvalue weighted by atomic mass is 35.5. The zero-order chi connectivity index (χ0) is 22.6. The van der Waals surface area contributed by atoms with E-state index in [1.165, 1.54) is 0 Å². The summed E-state index contributed by atoms with van der Waals surface area (Å²) in [5, 5.41) is 9.28. The van der Waals surface area contributed by atoms with Crippen molar-refractivity contribution in [2.45, 2.75) is 13.1 Å². The fraction of sp³-hybridized carbons (Fsp3) is 0.0769. The second-order valence-electron chi connectivity index (χ2n) is 7.55. The first-order valence-electron chi connectivity index (χ1n) is 10.5. The highest BCUT2D eigenvalue weighted by Gasteiger charge is 2.17. The van der Waals surface area contributed by atoms with E-state index in [9.17, 15) is 4.79 Å². The predicted molar refractivity (Wildman–Crippen MR) is 129 cm³/mol. The lowest BCUT2D eigenvalue weighted by atomic mass is 10.0. The van der Waals surface area contributed by atoms with E-state index in [1.54, 1.807) is 23.1 Å². The molecule has 0 radical (unpaired) electrons. The maximum Gasteiger partial charge on any atom is 0.241 e. The Kier molecular flexibility index (Phi) is 5.83. The van der Waals surface area contributed by atoms with Crippen molar-refractivity contribution in [3.05, 3.63) is 102 Å². The minimum atomic E-state index is -0.156. The van der Waals surface area contributed by atoms with Gasteiger partial charge in [0.05, 0.1) is 11.2 Å². The van der Waals surface area contributed by atoms with Crippen LogP contribution in [0.2, 0.25) is 5.02 Å². The normalized spacial score (nSPS) is 10.9. The van der Waals surface area contributed by atoms with E-state index in [4.69, 9.17) is 16.7 Å². The van der Waals surface area contributed by atoms with Crippen molar-refractivity contribution >= 4 is 28.4 Å². The maximum atomic E-state index is 12.7. The van der Waals surface area contributed by atoms with Crippen LogP contribution in [0.4, 0.5) is 0 Å². The van der Waals surface area contributed by atoms with Crippen molar-refractivity contribution in [3.8, 4) is 22.5 Å². The summed E-state index contributed by atoms with van der Waals surface area (Å²) in [4.78, 5) is 21.6. The van der Waals surface area contributed by atoms with E-state index < -0.39 is 0 Å². The Hall–Kier alpha value is -4.03. The van der Waals surface area contributed by atoms with E-state index >= 15 is 0 Å². The number of rotatable bonds is 6. The van der Waals surface area contributed by atoms with Crippen LogP contribution in [-0.4, -0.2) is 25.7 Å². The molecule has 3 heterocycles. The lowest BCUT2D eigenvalue weighted by Gasteiger charge is -2.07. The minimum absolute atomic E-state index is 0.0767. The summed E-state index contributed by atoms with van der Waals surface area (Å²) < 4.78 is 1.65. The number of hydrogen-bond donors (Lipinski definition) is 1. The van der Waals surface area contributed by atoms with Gasteiger partial charge in [0.25, 0.3) is 0 Å². The van der Waals surface area contributed by atoms with Crippen LogP contribution in [0, 0.1) is 0 Å². The molecule has 0 aliphatic rings. The Morgan fingerprint density at radius 2 is 1.70 bits per heavy atom. The molecule has 0 aliphatic carbocycles. The van der Waals surface area contributed by atoms with Crippen LogP contribution >= 0.6 is 11.6 Å². The summed E-state index contributed by atoms with van der Waals surface area (Å²) in [7, 11) is 0. The van der Waals surface area contributed by atoms with Crippen LogP contribution in [-0.2, 0) is 17.9 Å². The van der Waals surface area contributed by atoms with Gasteiger partial charge in [0.15, 0.2) is 0 Å². The summed E-state index contributed by atoms with van der Waals surface area (Å²) in [5.74, 6) is -0.156. The number of fused-ring (bicyclic) bond motifs is 1. The van der Waals surface area contributed by atoms with Gasteiger partial charge in [-0.05, 0) is 41.5 Å². The molecule has 0 fully saturated rings. The molecule has 1 amide bonds. The SMILES string of the molecule is O=C(Cn1cc(-c2ccnc3ccccc23)c(-c2ccccn2)n1)NCc1ccccc1Cl. The Morgan fingerprint density at radius 1 is 0.879 bits per heavy atom. The molecule has 33 heavy (non-hydrogen) atoms. The summed E-state index contributed by atoms with van der Waals surface area (Å²) in [6, 6.07) is 23.1. The summed E-state index contributed by atoms with van der Waals surface area (Å²) in [5.41, 5.74) is 5.10. The van der Waals surface area contributed by atoms with Gasteiger partial charge in [-0.1, -0.05) is 54.1 Å². The van der Waals surface area contributed by atoms with Gasteiger partial charge in [-0.2, -0.15) is 5.10 Å². The van der Waals surface area contributed by atoms with Crippen molar-refractivity contribution in [3.63, 3.8) is 0 Å². The van der Waals surface area contributed by atoms with Crippen molar-refractivity contribution in [2.75, 3.05) is 0 Å². The van der Waals surface area contributed by atoms with Gasteiger partial charge in [0.2, 0.25) is 5.91 Å². The molecule has 0 saturated carbocycles. The quantitative estimate of drug-likeness (QED) is 0.387. The lowest BCUT2D eigenvalue weighted by Crippen LogP contribution is -2.27. The van der Waals surface area contributed by atoms with Crippen LogP contribution in [0.5, 0.6) is 0 Å². The molecular weight excluding hydrogens is 434 g/mol. The molecule has 0 bridgehead atoms. The highest BCUT2D eigenvalue weighted by molar-refractivity contribution is 6.31. The largest absolute Gasteiger partial charge is 0.350 e. The van der Waals surface area contributed by atoms with Crippen LogP contribution < -0.4 is 5.32 Å². The first-order valence-corrected chi connectivity index (χ1v) is 10.9. The summed E-state index contributed by atoms with van der Waals surface area (Å²) in [6.45, 7) is 0.433. The zero-order valence-corrected chi connectivity index (χ0v) is 18.4. The molecule has 7 heteroatoms. The molecule has 5 rings (SSSR count). The van der Waals surface area contributed by atoms with Crippen LogP contribution in [0.25, 0.3) is 33.4 Å². The first kappa shape index (κ1) is 20.8. The van der Waals surface area contributed by atoms with Gasteiger partial charge in [0, 0.05) is 41.1 Å². The molecule has 6 nitrogen and oxygen atoms in total. The fourth-order valence-corrected chi connectivity index (χ4v) is 3.96. The maximum absolute atomic E-state index is 12.7. The minimum Gasteiger partial charge on any atom is -0.350 e. The molecule has 0 saturated heterocycles. The number of pyridine rings is 2. The summed E-state index contributed by atoms with van der Waals surface area (Å²) in [6.07, 6.45) is 5.41. The Morgan fingerprint density at radius 3 is 2.55 bits per heavy atom. The third kappa shape index (κ3) is 4.47. The molecule has 5 aromatic rings. The molecular formula is C26H20ClN5O. The first-order chi connectivity index (χ1) is 16.2. The van der Waals surface area contributed by atoms with Crippen molar-refractivity contribution < 1.29 is 4.79 Å². The molecule has 0 aliphatic heterocycles. The van der Waals surface area contributed by atoms with E-state index in [0.717, 1.165) is 33.3 Å². The Bertz CT molecular complexity index is 1430. The van der Waals surface area contributed by atoms with Crippen molar-refractivity contribution in [1.82, 2.24) is 25.1 Å². The van der Waals surface area contributed by atoms with E-state index in [2.05, 4.69) is 15.3 Å². The lowest BCUT2D eigenvalue weighted by molar-refractivity contribution is -0.122. The molecule has 0 spiro atoms. The smallest absolute Gasteiger partial charge is 0.241 e. The highest BCUT2D eigenvalue weighted by Crippen LogP contribution is 2.34. The summed E-state index contributed by atoms with van der Waals surface area (Å²) >= 11 is 6.19. The molecule has 0 atom stereocenters. The van der Waals surface area contributed by atoms with Gasteiger partial charge < -0.3 is 5.32 Å². The average Bonchev–Trinajstić information content (AvgIpc) is 3.27. The molecule has 3 aromatic heterocycles. The number of carbonyl (C=O) groups is 1. The van der Waals surface area contributed by atoms with Gasteiger partial charge in [-0.25, -0.2) is 0 Å². The average molecular weight is 454 g/mol. The van der Waals surface area contributed by atoms with E-state index in [1.807, 2.05) is 72.9 Å². The Labute approximate surface area is 195 Å². The number of carbonyl (C=O) groups excluding carboxylic acids is 1. The van der Waals surface area contributed by atoms with Gasteiger partial charge in [-0.15, -0.1) is 0 Å². The van der Waals surface area contributed by atoms with Gasteiger partial charge in [-0.3, -0.25) is 19.4 Å². The number of aromatic nitrogens is 4. The number of hydrogen-bond acceptors (Lipinski definition) is 4. The monoisotopic (exact) mass is 453 g/mol. The molecule has 2 aromatic carbocycles. The third-order valence-electron chi connectivity index (χ3n) is 5.35. The number of halogens is 1. The second-order valence-corrected chi connectivity index (χ2v) is 7.95. The van der Waals surface area contributed by atoms with Crippen LogP contribution in [0.1, 0.15) is 5.56 Å². The molecule has 162 valence electrons. The number of amides is 1. The Balaban J connectivity index is 1.48. The van der Waals surface area contributed by atoms with Gasteiger partial charge in [0.1, 0.15) is 12.2 Å². The standard InChI is InChI=1S/C26H20ClN5O/c27-22-9-3-1-7-18(22)15-30-25(33)17-32-16-21(26(31-32)24-11-5-6-13-28-24)19-12-14-29-23-10-4-2-8-20(19)23/h1-14,16H,15,17H2,(H,30,33). The predicted octanol–water partition coefficient (Wildman–Crippen LogP) is 5.13. The van der Waals surface area contributed by atoms with Crippen LogP contribution in [0.15, 0.2) is 91.4 Å². The molecule has 1 N–H and O–H groups in total. The van der Waals surface area contributed by atoms with Crippen molar-refractivity contribution in [2.24, 2.45) is 0 Å². The van der Waals surface area contributed by atoms with Gasteiger partial charge >= 0.3 is 0 Å².